The van der Waals surface area contributed by atoms with Crippen LogP contribution in [-0.2, 0) is 16.0 Å². The molecule has 0 radical (unpaired) electrons. The molecule has 1 unspecified atom stereocenters. The minimum absolute atomic E-state index is 0.00411. The van der Waals surface area contributed by atoms with E-state index in [0.717, 1.165) is 30.4 Å². The topological polar surface area (TPSA) is 83.5 Å². The van der Waals surface area contributed by atoms with Gasteiger partial charge in [0.15, 0.2) is 5.78 Å². The molecule has 1 atom stereocenters. The maximum Gasteiger partial charge on any atom is 0.394 e. The van der Waals surface area contributed by atoms with E-state index in [4.69, 9.17) is 5.11 Å². The number of nitrogens with one attached hydrogen (secondary N) is 1. The summed E-state index contributed by atoms with van der Waals surface area (Å²) in [5.41, 5.74) is 3.04. The van der Waals surface area contributed by atoms with Crippen LogP contribution >= 0.6 is 0 Å². The summed E-state index contributed by atoms with van der Waals surface area (Å²) >= 11 is 0. The molecule has 0 heterocycles. The number of amides is 1. The Balaban J connectivity index is 2.07. The molecule has 2 N–H and O–H groups in total. The van der Waals surface area contributed by atoms with E-state index in [0.29, 0.717) is 17.7 Å². The number of ketones is 1. The summed E-state index contributed by atoms with van der Waals surface area (Å²) in [6.07, 6.45) is 3.48. The van der Waals surface area contributed by atoms with Crippen molar-refractivity contribution in [3.8, 4) is 0 Å². The molecule has 0 saturated carbocycles. The molecule has 0 saturated heterocycles. The Kier molecular flexibility index (Phi) is 2.62. The zero-order valence-electron chi connectivity index (χ0n) is 10.2. The number of aliphatic carboxylic acids is 1. The first kappa shape index (κ1) is 11.9. The Morgan fingerprint density at radius 3 is 2.84 bits per heavy atom. The fourth-order valence-corrected chi connectivity index (χ4v) is 3.14. The summed E-state index contributed by atoms with van der Waals surface area (Å²) in [5.74, 6) is -2.41. The average molecular weight is 259 g/mol. The van der Waals surface area contributed by atoms with Gasteiger partial charge in [0.05, 0.1) is 5.69 Å². The van der Waals surface area contributed by atoms with Crippen molar-refractivity contribution in [2.45, 2.75) is 31.6 Å². The summed E-state index contributed by atoms with van der Waals surface area (Å²) in [5, 5.41) is 10.9. The number of aryl methyl sites for hydroxylation is 1. The second-order valence-corrected chi connectivity index (χ2v) is 5.04. The van der Waals surface area contributed by atoms with Crippen LogP contribution in [0.4, 0.5) is 5.69 Å². The van der Waals surface area contributed by atoms with Crippen LogP contribution < -0.4 is 5.32 Å². The molecule has 5 heteroatoms. The van der Waals surface area contributed by atoms with E-state index in [1.165, 1.54) is 0 Å². The van der Waals surface area contributed by atoms with Gasteiger partial charge in [-0.1, -0.05) is 6.07 Å². The van der Waals surface area contributed by atoms with E-state index in [-0.39, 0.29) is 11.7 Å². The molecule has 0 fully saturated rings. The SMILES string of the molecule is O=C(O)C(=O)Nc1ccc2c3c1C(=O)CC3CCC2. The number of carbonyl (C=O) groups is 3. The summed E-state index contributed by atoms with van der Waals surface area (Å²) in [6.45, 7) is 0. The molecule has 1 aromatic rings. The van der Waals surface area contributed by atoms with Gasteiger partial charge in [0.1, 0.15) is 0 Å². The van der Waals surface area contributed by atoms with E-state index >= 15 is 0 Å². The van der Waals surface area contributed by atoms with Crippen LogP contribution in [0.1, 0.15) is 46.7 Å². The molecule has 3 rings (SSSR count). The lowest BCUT2D eigenvalue weighted by Crippen LogP contribution is -2.23. The third-order valence-electron chi connectivity index (χ3n) is 3.90. The highest BCUT2D eigenvalue weighted by Gasteiger charge is 2.36. The van der Waals surface area contributed by atoms with Gasteiger partial charge in [-0.15, -0.1) is 0 Å². The van der Waals surface area contributed by atoms with Crippen LogP contribution in [0.25, 0.3) is 0 Å². The number of hydrogen-bond acceptors (Lipinski definition) is 3. The lowest BCUT2D eigenvalue weighted by molar-refractivity contribution is -0.147. The molecular formula is C14H13NO4. The van der Waals surface area contributed by atoms with E-state index in [1.54, 1.807) is 6.07 Å². The normalized spacial score (nSPS) is 20.0. The van der Waals surface area contributed by atoms with Crippen molar-refractivity contribution in [2.24, 2.45) is 0 Å². The summed E-state index contributed by atoms with van der Waals surface area (Å²) in [7, 11) is 0. The maximum absolute atomic E-state index is 12.1. The smallest absolute Gasteiger partial charge is 0.394 e. The fraction of sp³-hybridized carbons (Fsp3) is 0.357. The third-order valence-corrected chi connectivity index (χ3v) is 3.90. The van der Waals surface area contributed by atoms with Gasteiger partial charge in [-0.05, 0) is 42.4 Å². The monoisotopic (exact) mass is 259 g/mol. The van der Waals surface area contributed by atoms with Crippen molar-refractivity contribution in [1.82, 2.24) is 0 Å². The van der Waals surface area contributed by atoms with Crippen LogP contribution in [0.2, 0.25) is 0 Å². The number of carboxylic acid groups (broad SMARTS) is 1. The van der Waals surface area contributed by atoms with Crippen molar-refractivity contribution in [2.75, 3.05) is 5.32 Å². The van der Waals surface area contributed by atoms with Crippen LogP contribution in [0.15, 0.2) is 12.1 Å². The number of Topliss-reactive ketones (excluding diaryl/α,β-unsaturated/α-hetero) is 1. The van der Waals surface area contributed by atoms with Crippen molar-refractivity contribution < 1.29 is 19.5 Å². The largest absolute Gasteiger partial charge is 0.474 e. The summed E-state index contributed by atoms with van der Waals surface area (Å²) in [4.78, 5) is 33.9. The predicted molar refractivity (Wildman–Crippen MR) is 67.3 cm³/mol. The minimum atomic E-state index is -1.55. The van der Waals surface area contributed by atoms with Crippen LogP contribution in [0.5, 0.6) is 0 Å². The van der Waals surface area contributed by atoms with Crippen molar-refractivity contribution >= 4 is 23.3 Å². The number of carbonyl (C=O) groups excluding carboxylic acids is 2. The molecule has 98 valence electrons. The van der Waals surface area contributed by atoms with Gasteiger partial charge in [0.25, 0.3) is 0 Å². The van der Waals surface area contributed by atoms with Gasteiger partial charge in [-0.3, -0.25) is 9.59 Å². The first-order valence-electron chi connectivity index (χ1n) is 6.31. The molecule has 1 amide bonds. The number of hydrogen-bond donors (Lipinski definition) is 2. The fourth-order valence-electron chi connectivity index (χ4n) is 3.14. The van der Waals surface area contributed by atoms with Gasteiger partial charge in [-0.25, -0.2) is 4.79 Å². The number of carboxylic acids is 1. The molecule has 0 aromatic heterocycles. The van der Waals surface area contributed by atoms with Gasteiger partial charge in [0, 0.05) is 12.0 Å². The first-order valence-corrected chi connectivity index (χ1v) is 6.31. The second-order valence-electron chi connectivity index (χ2n) is 5.04. The molecule has 0 bridgehead atoms. The van der Waals surface area contributed by atoms with Crippen LogP contribution in [0.3, 0.4) is 0 Å². The van der Waals surface area contributed by atoms with Gasteiger partial charge in [-0.2, -0.15) is 0 Å². The highest BCUT2D eigenvalue weighted by molar-refractivity contribution is 6.37. The zero-order valence-corrected chi connectivity index (χ0v) is 10.2. The van der Waals surface area contributed by atoms with Crippen molar-refractivity contribution in [3.05, 3.63) is 28.8 Å². The Hall–Kier alpha value is -2.17. The molecule has 5 nitrogen and oxygen atoms in total. The molecular weight excluding hydrogens is 246 g/mol. The molecule has 0 spiro atoms. The number of anilines is 1. The molecule has 2 aliphatic carbocycles. The Labute approximate surface area is 109 Å². The van der Waals surface area contributed by atoms with Crippen molar-refractivity contribution in [1.29, 1.82) is 0 Å². The van der Waals surface area contributed by atoms with E-state index in [1.807, 2.05) is 6.07 Å². The van der Waals surface area contributed by atoms with Crippen LogP contribution in [-0.4, -0.2) is 22.8 Å². The Bertz CT molecular complexity index is 606. The Morgan fingerprint density at radius 1 is 1.32 bits per heavy atom. The van der Waals surface area contributed by atoms with E-state index < -0.39 is 11.9 Å². The lowest BCUT2D eigenvalue weighted by atomic mass is 9.84. The maximum atomic E-state index is 12.1. The molecule has 19 heavy (non-hydrogen) atoms. The van der Waals surface area contributed by atoms with E-state index in [9.17, 15) is 14.4 Å². The second kappa shape index (κ2) is 4.19. The molecule has 1 aromatic carbocycles. The lowest BCUT2D eigenvalue weighted by Gasteiger charge is -2.21. The van der Waals surface area contributed by atoms with Gasteiger partial charge < -0.3 is 10.4 Å². The molecule has 0 aliphatic heterocycles. The number of benzene rings is 1. The Morgan fingerprint density at radius 2 is 2.11 bits per heavy atom. The summed E-state index contributed by atoms with van der Waals surface area (Å²) in [6, 6.07) is 3.53. The minimum Gasteiger partial charge on any atom is -0.474 e. The quantitative estimate of drug-likeness (QED) is 0.752. The summed E-state index contributed by atoms with van der Waals surface area (Å²) < 4.78 is 0. The third kappa shape index (κ3) is 1.82. The number of rotatable bonds is 1. The van der Waals surface area contributed by atoms with Gasteiger partial charge in [0.2, 0.25) is 0 Å². The first-order chi connectivity index (χ1) is 9.08. The van der Waals surface area contributed by atoms with E-state index in [2.05, 4.69) is 5.32 Å². The average Bonchev–Trinajstić information content (AvgIpc) is 2.71. The highest BCUT2D eigenvalue weighted by atomic mass is 16.4. The highest BCUT2D eigenvalue weighted by Crippen LogP contribution is 2.45. The predicted octanol–water partition coefficient (Wildman–Crippen LogP) is 1.72. The molecule has 2 aliphatic rings. The van der Waals surface area contributed by atoms with Crippen molar-refractivity contribution in [3.63, 3.8) is 0 Å². The van der Waals surface area contributed by atoms with Crippen LogP contribution in [0, 0.1) is 0 Å². The zero-order chi connectivity index (χ0) is 13.6. The standard InChI is InChI=1S/C14H13NO4/c16-10-6-8-3-1-2-7-4-5-9(12(10)11(7)8)15-13(17)14(18)19/h4-5,8H,1-3,6H2,(H,15,17)(H,18,19). The van der Waals surface area contributed by atoms with Gasteiger partial charge >= 0.3 is 11.9 Å².